The first-order valence-corrected chi connectivity index (χ1v) is 11.7. The highest BCUT2D eigenvalue weighted by Crippen LogP contribution is 2.41. The summed E-state index contributed by atoms with van der Waals surface area (Å²) >= 11 is 0. The highest BCUT2D eigenvalue weighted by molar-refractivity contribution is 5.78. The van der Waals surface area contributed by atoms with E-state index in [2.05, 4.69) is 17.4 Å². The Hall–Kier alpha value is -3.30. The third-order valence-electron chi connectivity index (χ3n) is 6.91. The molecule has 3 aromatic rings. The normalized spacial score (nSPS) is 17.8. The van der Waals surface area contributed by atoms with E-state index < -0.39 is 5.82 Å². The van der Waals surface area contributed by atoms with Gasteiger partial charge in [-0.15, -0.1) is 0 Å². The molecule has 0 radical (unpaired) electrons. The van der Waals surface area contributed by atoms with Crippen LogP contribution < -0.4 is 10.9 Å². The van der Waals surface area contributed by atoms with Gasteiger partial charge in [-0.25, -0.2) is 9.37 Å². The van der Waals surface area contributed by atoms with Crippen molar-refractivity contribution in [3.8, 4) is 28.6 Å². The maximum atomic E-state index is 14.5. The molecule has 33 heavy (non-hydrogen) atoms. The van der Waals surface area contributed by atoms with Crippen molar-refractivity contribution in [2.75, 3.05) is 13.1 Å². The lowest BCUT2D eigenvalue weighted by Gasteiger charge is -2.17. The van der Waals surface area contributed by atoms with Gasteiger partial charge in [0, 0.05) is 18.2 Å². The molecule has 0 unspecified atom stereocenters. The molecule has 6 heteroatoms. The Morgan fingerprint density at radius 3 is 2.55 bits per heavy atom. The quantitative estimate of drug-likeness (QED) is 0.608. The lowest BCUT2D eigenvalue weighted by Crippen LogP contribution is -2.26. The molecular formula is C27H27FN4O. The van der Waals surface area contributed by atoms with Gasteiger partial charge in [0.1, 0.15) is 17.6 Å². The van der Waals surface area contributed by atoms with Crippen molar-refractivity contribution >= 4 is 0 Å². The van der Waals surface area contributed by atoms with E-state index in [-0.39, 0.29) is 11.1 Å². The van der Waals surface area contributed by atoms with Crippen LogP contribution in [0, 0.1) is 23.1 Å². The standard InChI is InChI=1S/C27H27FN4O/c1-32-26(20-7-5-19(6-8-20)18-3-4-18)25(21-9-10-22(15-29)23(28)14-21)31-24(27(32)33)11-2-17-12-13-30-16-17/h5-10,14,17-18,30H,2-4,11-13,16H2,1H3/t17-/m0/s1. The van der Waals surface area contributed by atoms with Crippen molar-refractivity contribution in [3.63, 3.8) is 0 Å². The van der Waals surface area contributed by atoms with Crippen LogP contribution in [0.2, 0.25) is 0 Å². The smallest absolute Gasteiger partial charge is 0.272 e. The summed E-state index contributed by atoms with van der Waals surface area (Å²) in [6.07, 6.45) is 5.04. The summed E-state index contributed by atoms with van der Waals surface area (Å²) in [5.74, 6) is 0.599. The van der Waals surface area contributed by atoms with Crippen molar-refractivity contribution in [2.24, 2.45) is 13.0 Å². The molecule has 5 nitrogen and oxygen atoms in total. The molecule has 0 bridgehead atoms. The van der Waals surface area contributed by atoms with Gasteiger partial charge in [0.2, 0.25) is 0 Å². The Morgan fingerprint density at radius 2 is 1.91 bits per heavy atom. The molecule has 2 aromatic carbocycles. The molecule has 1 saturated heterocycles. The van der Waals surface area contributed by atoms with Gasteiger partial charge in [-0.2, -0.15) is 5.26 Å². The number of aryl methyl sites for hydroxylation is 1. The highest BCUT2D eigenvalue weighted by atomic mass is 19.1. The molecule has 1 aliphatic heterocycles. The predicted octanol–water partition coefficient (Wildman–Crippen LogP) is 4.54. The summed E-state index contributed by atoms with van der Waals surface area (Å²) in [5.41, 5.74) is 4.36. The lowest BCUT2D eigenvalue weighted by atomic mass is 9.98. The number of nitrogens with one attached hydrogen (secondary N) is 1. The van der Waals surface area contributed by atoms with Crippen molar-refractivity contribution in [1.82, 2.24) is 14.9 Å². The average Bonchev–Trinajstić information content (AvgIpc) is 3.55. The highest BCUT2D eigenvalue weighted by Gasteiger charge is 2.24. The summed E-state index contributed by atoms with van der Waals surface area (Å²) < 4.78 is 16.2. The fraction of sp³-hybridized carbons (Fsp3) is 0.370. The number of nitriles is 1. The topological polar surface area (TPSA) is 70.7 Å². The molecule has 1 aromatic heterocycles. The summed E-state index contributed by atoms with van der Waals surface area (Å²) in [7, 11) is 1.76. The minimum absolute atomic E-state index is 0.00661. The minimum atomic E-state index is -0.584. The molecule has 168 valence electrons. The minimum Gasteiger partial charge on any atom is -0.316 e. The number of hydrogen-bond donors (Lipinski definition) is 1. The third-order valence-corrected chi connectivity index (χ3v) is 6.91. The summed E-state index contributed by atoms with van der Waals surface area (Å²) in [6, 6.07) is 14.7. The second-order valence-electron chi connectivity index (χ2n) is 9.22. The van der Waals surface area contributed by atoms with Gasteiger partial charge in [0.05, 0.1) is 17.0 Å². The number of aromatic nitrogens is 2. The Balaban J connectivity index is 1.61. The Labute approximate surface area is 192 Å². The van der Waals surface area contributed by atoms with Crippen molar-refractivity contribution < 1.29 is 4.39 Å². The van der Waals surface area contributed by atoms with Crippen LogP contribution in [0.15, 0.2) is 47.3 Å². The van der Waals surface area contributed by atoms with Crippen LogP contribution in [0.25, 0.3) is 22.5 Å². The van der Waals surface area contributed by atoms with E-state index >= 15 is 0 Å². The zero-order valence-corrected chi connectivity index (χ0v) is 18.8. The van der Waals surface area contributed by atoms with Crippen LogP contribution in [0.1, 0.15) is 48.4 Å². The number of rotatable bonds is 6. The van der Waals surface area contributed by atoms with Gasteiger partial charge in [0.25, 0.3) is 5.56 Å². The molecule has 1 atom stereocenters. The van der Waals surface area contributed by atoms with Gasteiger partial charge in [-0.05, 0) is 74.7 Å². The SMILES string of the molecule is Cn1c(-c2ccc(C3CC3)cc2)c(-c2ccc(C#N)c(F)c2)nc(CC[C@H]2CCNC2)c1=O. The molecule has 2 aliphatic rings. The molecule has 0 amide bonds. The number of halogens is 1. The van der Waals surface area contributed by atoms with Crippen LogP contribution in [0.4, 0.5) is 4.39 Å². The van der Waals surface area contributed by atoms with Crippen molar-refractivity contribution in [3.05, 3.63) is 75.5 Å². The third kappa shape index (κ3) is 4.34. The zero-order valence-electron chi connectivity index (χ0n) is 18.8. The molecule has 1 aliphatic carbocycles. The maximum absolute atomic E-state index is 14.5. The van der Waals surface area contributed by atoms with Gasteiger partial charge in [-0.3, -0.25) is 4.79 Å². The lowest BCUT2D eigenvalue weighted by molar-refractivity contribution is 0.526. The van der Waals surface area contributed by atoms with E-state index in [1.807, 2.05) is 18.2 Å². The summed E-state index contributed by atoms with van der Waals surface area (Å²) in [6.45, 7) is 1.99. The first kappa shape index (κ1) is 21.5. The van der Waals surface area contributed by atoms with Gasteiger partial charge >= 0.3 is 0 Å². The van der Waals surface area contributed by atoms with Crippen molar-refractivity contribution in [2.45, 2.75) is 38.0 Å². The molecule has 1 N–H and O–H groups in total. The largest absolute Gasteiger partial charge is 0.316 e. The Kier molecular flexibility index (Phi) is 5.82. The van der Waals surface area contributed by atoms with E-state index in [1.165, 1.54) is 30.5 Å². The molecule has 1 saturated carbocycles. The monoisotopic (exact) mass is 442 g/mol. The summed E-state index contributed by atoms with van der Waals surface area (Å²) in [5, 5.41) is 12.5. The molecule has 0 spiro atoms. The van der Waals surface area contributed by atoms with Crippen molar-refractivity contribution in [1.29, 1.82) is 5.26 Å². The number of nitrogens with zero attached hydrogens (tertiary/aromatic N) is 3. The summed E-state index contributed by atoms with van der Waals surface area (Å²) in [4.78, 5) is 18.1. The second kappa shape index (κ2) is 8.92. The fourth-order valence-electron chi connectivity index (χ4n) is 4.77. The van der Waals surface area contributed by atoms with E-state index in [1.54, 1.807) is 17.7 Å². The van der Waals surface area contributed by atoms with Gasteiger partial charge < -0.3 is 9.88 Å². The zero-order chi connectivity index (χ0) is 22.9. The number of hydrogen-bond acceptors (Lipinski definition) is 4. The van der Waals surface area contributed by atoms with Crippen LogP contribution >= 0.6 is 0 Å². The van der Waals surface area contributed by atoms with Gasteiger partial charge in [0.15, 0.2) is 0 Å². The Morgan fingerprint density at radius 1 is 1.15 bits per heavy atom. The van der Waals surface area contributed by atoms with Crippen LogP contribution in [-0.4, -0.2) is 22.6 Å². The van der Waals surface area contributed by atoms with E-state index in [0.717, 1.165) is 31.5 Å². The number of benzene rings is 2. The van der Waals surface area contributed by atoms with Crippen LogP contribution in [0.3, 0.4) is 0 Å². The van der Waals surface area contributed by atoms with E-state index in [0.29, 0.717) is 40.9 Å². The fourth-order valence-corrected chi connectivity index (χ4v) is 4.77. The van der Waals surface area contributed by atoms with E-state index in [9.17, 15) is 9.18 Å². The van der Waals surface area contributed by atoms with Crippen LogP contribution in [0.5, 0.6) is 0 Å². The second-order valence-corrected chi connectivity index (χ2v) is 9.22. The molecule has 5 rings (SSSR count). The Bertz CT molecular complexity index is 1280. The average molecular weight is 443 g/mol. The molecule has 2 fully saturated rings. The molecular weight excluding hydrogens is 415 g/mol. The predicted molar refractivity (Wildman–Crippen MR) is 126 cm³/mol. The first-order valence-electron chi connectivity index (χ1n) is 11.7. The van der Waals surface area contributed by atoms with Crippen LogP contribution in [-0.2, 0) is 13.5 Å². The molecule has 2 heterocycles. The van der Waals surface area contributed by atoms with Gasteiger partial charge in [-0.1, -0.05) is 30.3 Å². The maximum Gasteiger partial charge on any atom is 0.272 e. The van der Waals surface area contributed by atoms with E-state index in [4.69, 9.17) is 10.2 Å². The first-order chi connectivity index (χ1) is 16.0.